The van der Waals surface area contributed by atoms with Gasteiger partial charge in [0.2, 0.25) is 0 Å². The second-order valence-electron chi connectivity index (χ2n) is 9.94. The Kier molecular flexibility index (Phi) is 5.95. The van der Waals surface area contributed by atoms with Crippen LogP contribution in [0.25, 0.3) is 10.9 Å². The molecule has 1 aliphatic carbocycles. The van der Waals surface area contributed by atoms with Gasteiger partial charge in [0.05, 0.1) is 11.6 Å². The molecule has 0 saturated heterocycles. The molecule has 3 aromatic rings. The Morgan fingerprint density at radius 1 is 1.12 bits per heavy atom. The van der Waals surface area contributed by atoms with E-state index in [2.05, 4.69) is 46.4 Å². The van der Waals surface area contributed by atoms with Crippen LogP contribution in [0, 0.1) is 18.3 Å². The van der Waals surface area contributed by atoms with Crippen LogP contribution in [0.4, 0.5) is 0 Å². The molecular formula is C28H32N4O. The highest BCUT2D eigenvalue weighted by molar-refractivity contribution is 5.98. The van der Waals surface area contributed by atoms with Crippen molar-refractivity contribution in [3.8, 4) is 6.07 Å². The molecule has 0 unspecified atom stereocenters. The number of nitriles is 1. The lowest BCUT2D eigenvalue weighted by atomic mass is 9.79. The summed E-state index contributed by atoms with van der Waals surface area (Å²) >= 11 is 0. The van der Waals surface area contributed by atoms with E-state index in [1.807, 2.05) is 24.3 Å². The molecule has 1 saturated carbocycles. The number of aromatic amines is 1. The molecule has 33 heavy (non-hydrogen) atoms. The van der Waals surface area contributed by atoms with E-state index in [9.17, 15) is 10.1 Å². The number of H-pyrrole nitrogens is 1. The summed E-state index contributed by atoms with van der Waals surface area (Å²) in [6.45, 7) is 4.95. The van der Waals surface area contributed by atoms with Crippen molar-refractivity contribution < 1.29 is 4.79 Å². The number of rotatable bonds is 5. The van der Waals surface area contributed by atoms with Gasteiger partial charge in [0.25, 0.3) is 5.91 Å². The maximum Gasteiger partial charge on any atom is 0.268 e. The van der Waals surface area contributed by atoms with Crippen LogP contribution in [-0.4, -0.2) is 34.4 Å². The molecule has 2 aliphatic rings. The highest BCUT2D eigenvalue weighted by Gasteiger charge is 2.34. The zero-order valence-electron chi connectivity index (χ0n) is 19.4. The minimum absolute atomic E-state index is 0.00778. The lowest BCUT2D eigenvalue weighted by Gasteiger charge is -2.40. The summed E-state index contributed by atoms with van der Waals surface area (Å²) in [6.07, 6.45) is 7.65. The topological polar surface area (TPSA) is 71.9 Å². The van der Waals surface area contributed by atoms with E-state index in [0.717, 1.165) is 61.8 Å². The summed E-state index contributed by atoms with van der Waals surface area (Å²) in [5, 5.41) is 13.8. The van der Waals surface area contributed by atoms with Gasteiger partial charge in [0.1, 0.15) is 5.69 Å². The predicted octanol–water partition coefficient (Wildman–Crippen LogP) is 5.23. The summed E-state index contributed by atoms with van der Waals surface area (Å²) in [5.41, 5.74) is 6.08. The molecule has 1 aromatic heterocycles. The van der Waals surface area contributed by atoms with E-state index in [0.29, 0.717) is 5.69 Å². The van der Waals surface area contributed by atoms with Crippen LogP contribution in [0.15, 0.2) is 42.5 Å². The smallest absolute Gasteiger partial charge is 0.268 e. The number of benzene rings is 2. The van der Waals surface area contributed by atoms with Crippen LogP contribution in [0.2, 0.25) is 0 Å². The third-order valence-corrected chi connectivity index (χ3v) is 7.54. The summed E-state index contributed by atoms with van der Waals surface area (Å²) < 4.78 is 0. The van der Waals surface area contributed by atoms with Gasteiger partial charge in [-0.1, -0.05) is 37.0 Å². The minimum atomic E-state index is -0.142. The molecule has 5 rings (SSSR count). The van der Waals surface area contributed by atoms with E-state index < -0.39 is 0 Å². The maximum atomic E-state index is 13.3. The first kappa shape index (κ1) is 21.7. The molecule has 2 N–H and O–H groups in total. The van der Waals surface area contributed by atoms with Crippen molar-refractivity contribution in [2.75, 3.05) is 13.1 Å². The molecule has 1 aliphatic heterocycles. The molecule has 2 aromatic carbocycles. The molecule has 0 radical (unpaired) electrons. The quantitative estimate of drug-likeness (QED) is 0.571. The standard InChI is InChI=1S/C28H32N4O/c1-20-5-8-25-23(15-20)17-26(30-25)27(33)31-28(10-3-2-4-11-28)12-14-32-13-9-22-7-6-21(18-29)16-24(22)19-32/h5-8,15-17,30H,2-4,9-14,19H2,1H3,(H,31,33). The second kappa shape index (κ2) is 9.03. The van der Waals surface area contributed by atoms with Crippen molar-refractivity contribution in [3.63, 3.8) is 0 Å². The number of amides is 1. The third-order valence-electron chi connectivity index (χ3n) is 7.54. The summed E-state index contributed by atoms with van der Waals surface area (Å²) in [7, 11) is 0. The first-order valence-electron chi connectivity index (χ1n) is 12.2. The van der Waals surface area contributed by atoms with Gasteiger partial charge in [-0.25, -0.2) is 0 Å². The number of aryl methyl sites for hydroxylation is 1. The Balaban J connectivity index is 1.28. The van der Waals surface area contributed by atoms with Crippen LogP contribution in [0.3, 0.4) is 0 Å². The van der Waals surface area contributed by atoms with Crippen LogP contribution in [0.5, 0.6) is 0 Å². The van der Waals surface area contributed by atoms with Gasteiger partial charge < -0.3 is 10.3 Å². The number of aromatic nitrogens is 1. The molecule has 5 nitrogen and oxygen atoms in total. The van der Waals surface area contributed by atoms with Gasteiger partial charge in [0.15, 0.2) is 0 Å². The normalized spacial score (nSPS) is 17.9. The first-order valence-corrected chi connectivity index (χ1v) is 12.2. The fourth-order valence-electron chi connectivity index (χ4n) is 5.60. The van der Waals surface area contributed by atoms with Crippen molar-refractivity contribution in [1.82, 2.24) is 15.2 Å². The van der Waals surface area contributed by atoms with Gasteiger partial charge in [-0.2, -0.15) is 5.26 Å². The zero-order valence-corrected chi connectivity index (χ0v) is 19.4. The average Bonchev–Trinajstić information content (AvgIpc) is 3.26. The first-order chi connectivity index (χ1) is 16.0. The molecule has 2 heterocycles. The molecule has 0 bridgehead atoms. The Bertz CT molecular complexity index is 1210. The number of nitrogens with zero attached hydrogens (tertiary/aromatic N) is 2. The molecule has 1 fully saturated rings. The van der Waals surface area contributed by atoms with Gasteiger partial charge in [-0.3, -0.25) is 9.69 Å². The van der Waals surface area contributed by atoms with E-state index in [4.69, 9.17) is 0 Å². The van der Waals surface area contributed by atoms with Crippen molar-refractivity contribution >= 4 is 16.8 Å². The molecular weight excluding hydrogens is 408 g/mol. The average molecular weight is 441 g/mol. The van der Waals surface area contributed by atoms with Gasteiger partial charge in [-0.05, 0) is 74.1 Å². The van der Waals surface area contributed by atoms with E-state index >= 15 is 0 Å². The number of fused-ring (bicyclic) bond motifs is 2. The fraction of sp³-hybridized carbons (Fsp3) is 0.429. The molecule has 1 amide bonds. The predicted molar refractivity (Wildman–Crippen MR) is 131 cm³/mol. The summed E-state index contributed by atoms with van der Waals surface area (Å²) in [4.78, 5) is 19.1. The van der Waals surface area contributed by atoms with Crippen molar-refractivity contribution in [3.05, 3.63) is 70.4 Å². The monoisotopic (exact) mass is 440 g/mol. The maximum absolute atomic E-state index is 13.3. The molecule has 0 spiro atoms. The number of hydrogen-bond acceptors (Lipinski definition) is 3. The Hall–Kier alpha value is -3.10. The highest BCUT2D eigenvalue weighted by Crippen LogP contribution is 2.33. The number of carbonyl (C=O) groups is 1. The van der Waals surface area contributed by atoms with Crippen LogP contribution >= 0.6 is 0 Å². The number of carbonyl (C=O) groups excluding carboxylic acids is 1. The van der Waals surface area contributed by atoms with E-state index in [-0.39, 0.29) is 11.4 Å². The SMILES string of the molecule is Cc1ccc2[nH]c(C(=O)NC3(CCN4CCc5ccc(C#N)cc5C4)CCCCC3)cc2c1. The number of hydrogen-bond donors (Lipinski definition) is 2. The summed E-state index contributed by atoms with van der Waals surface area (Å²) in [5.74, 6) is 0.00778. The van der Waals surface area contributed by atoms with E-state index in [1.165, 1.54) is 36.0 Å². The van der Waals surface area contributed by atoms with Crippen molar-refractivity contribution in [1.29, 1.82) is 5.26 Å². The van der Waals surface area contributed by atoms with E-state index in [1.54, 1.807) is 0 Å². The minimum Gasteiger partial charge on any atom is -0.351 e. The van der Waals surface area contributed by atoms with Crippen LogP contribution < -0.4 is 5.32 Å². The van der Waals surface area contributed by atoms with Crippen LogP contribution in [0.1, 0.15) is 71.3 Å². The fourth-order valence-corrected chi connectivity index (χ4v) is 5.60. The molecule has 5 heteroatoms. The van der Waals surface area contributed by atoms with Crippen molar-refractivity contribution in [2.24, 2.45) is 0 Å². The Labute approximate surface area is 195 Å². The summed E-state index contributed by atoms with van der Waals surface area (Å²) in [6, 6.07) is 16.5. The lowest BCUT2D eigenvalue weighted by molar-refractivity contribution is 0.0836. The Morgan fingerprint density at radius 2 is 1.97 bits per heavy atom. The molecule has 0 atom stereocenters. The molecule has 170 valence electrons. The third kappa shape index (κ3) is 4.67. The highest BCUT2D eigenvalue weighted by atomic mass is 16.2. The second-order valence-corrected chi connectivity index (χ2v) is 9.94. The van der Waals surface area contributed by atoms with Crippen molar-refractivity contribution in [2.45, 2.75) is 64.0 Å². The van der Waals surface area contributed by atoms with Gasteiger partial charge in [-0.15, -0.1) is 0 Å². The Morgan fingerprint density at radius 3 is 2.79 bits per heavy atom. The van der Waals surface area contributed by atoms with Gasteiger partial charge >= 0.3 is 0 Å². The zero-order chi connectivity index (χ0) is 22.8. The lowest BCUT2D eigenvalue weighted by Crippen LogP contribution is -2.51. The van der Waals surface area contributed by atoms with Gasteiger partial charge in [0, 0.05) is 36.1 Å². The number of nitrogens with one attached hydrogen (secondary N) is 2. The largest absolute Gasteiger partial charge is 0.351 e. The van der Waals surface area contributed by atoms with Crippen LogP contribution in [-0.2, 0) is 13.0 Å².